The van der Waals surface area contributed by atoms with Gasteiger partial charge in [-0.1, -0.05) is 30.3 Å². The maximum atomic E-state index is 12.8. The molecule has 7 nitrogen and oxygen atoms in total. The molecule has 25 heavy (non-hydrogen) atoms. The molecular formula is C18H21N3O4. The monoisotopic (exact) mass is 343 g/mol. The minimum atomic E-state index is -0.985. The normalized spacial score (nSPS) is 21.0. The van der Waals surface area contributed by atoms with Crippen molar-refractivity contribution < 1.29 is 19.5 Å². The zero-order valence-corrected chi connectivity index (χ0v) is 13.9. The number of aliphatic carboxylic acids is 1. The van der Waals surface area contributed by atoms with E-state index < -0.39 is 12.0 Å². The highest BCUT2D eigenvalue weighted by Gasteiger charge is 2.35. The molecule has 0 aliphatic carbocycles. The molecule has 1 aromatic carbocycles. The van der Waals surface area contributed by atoms with Gasteiger partial charge in [0.05, 0.1) is 6.54 Å². The van der Waals surface area contributed by atoms with Crippen LogP contribution in [0.15, 0.2) is 35.4 Å². The lowest BCUT2D eigenvalue weighted by Gasteiger charge is -2.34. The van der Waals surface area contributed by atoms with Gasteiger partial charge in [0.15, 0.2) is 0 Å². The van der Waals surface area contributed by atoms with Crippen LogP contribution in [-0.4, -0.2) is 51.1 Å². The molecule has 1 atom stereocenters. The number of nitrogens with zero attached hydrogens (tertiary/aromatic N) is 3. The van der Waals surface area contributed by atoms with Gasteiger partial charge in [-0.15, -0.1) is 0 Å². The quantitative estimate of drug-likeness (QED) is 0.900. The third kappa shape index (κ3) is 3.87. The molecule has 1 unspecified atom stereocenters. The van der Waals surface area contributed by atoms with Gasteiger partial charge in [-0.25, -0.2) is 9.80 Å². The fourth-order valence-corrected chi connectivity index (χ4v) is 3.23. The van der Waals surface area contributed by atoms with Gasteiger partial charge in [-0.05, 0) is 24.8 Å². The summed E-state index contributed by atoms with van der Waals surface area (Å²) in [5.41, 5.74) is 1.19. The van der Waals surface area contributed by atoms with Crippen LogP contribution in [0.2, 0.25) is 0 Å². The standard InChI is InChI=1S/C18H21N3O4/c22-16-10-9-14(19-21(16)12-13-6-2-1-3-7-13)17(23)20-11-5-4-8-15(20)18(24)25/h1-3,6-7,15H,4-5,8-12H2,(H,24,25). The Bertz CT molecular complexity index is 702. The molecule has 2 aliphatic rings. The summed E-state index contributed by atoms with van der Waals surface area (Å²) < 4.78 is 0. The summed E-state index contributed by atoms with van der Waals surface area (Å²) >= 11 is 0. The maximum absolute atomic E-state index is 12.8. The number of hydrogen-bond acceptors (Lipinski definition) is 4. The van der Waals surface area contributed by atoms with E-state index in [4.69, 9.17) is 0 Å². The van der Waals surface area contributed by atoms with Crippen molar-refractivity contribution in [2.75, 3.05) is 6.54 Å². The fraction of sp³-hybridized carbons (Fsp3) is 0.444. The van der Waals surface area contributed by atoms with Crippen molar-refractivity contribution in [2.45, 2.75) is 44.7 Å². The molecule has 3 rings (SSSR count). The van der Waals surface area contributed by atoms with Crippen LogP contribution >= 0.6 is 0 Å². The minimum Gasteiger partial charge on any atom is -0.480 e. The number of piperidine rings is 1. The first kappa shape index (κ1) is 17.1. The zero-order valence-electron chi connectivity index (χ0n) is 13.9. The molecule has 7 heteroatoms. The SMILES string of the molecule is O=C(O)C1CCCCN1C(=O)C1=NN(Cc2ccccc2)C(=O)CC1. The molecule has 2 aliphatic heterocycles. The number of carbonyl (C=O) groups is 3. The van der Waals surface area contributed by atoms with Crippen molar-refractivity contribution in [3.8, 4) is 0 Å². The van der Waals surface area contributed by atoms with E-state index in [1.165, 1.54) is 9.91 Å². The van der Waals surface area contributed by atoms with Crippen LogP contribution in [0, 0.1) is 0 Å². The first-order valence-electron chi connectivity index (χ1n) is 8.52. The molecule has 0 radical (unpaired) electrons. The lowest BCUT2D eigenvalue weighted by molar-refractivity contribution is -0.149. The summed E-state index contributed by atoms with van der Waals surface area (Å²) in [6.07, 6.45) is 2.51. The highest BCUT2D eigenvalue weighted by molar-refractivity contribution is 6.39. The second-order valence-corrected chi connectivity index (χ2v) is 6.33. The molecule has 0 bridgehead atoms. The summed E-state index contributed by atoms with van der Waals surface area (Å²) in [6.45, 7) is 0.722. The van der Waals surface area contributed by atoms with E-state index in [9.17, 15) is 19.5 Å². The predicted molar refractivity (Wildman–Crippen MR) is 90.6 cm³/mol. The first-order valence-corrected chi connectivity index (χ1v) is 8.52. The van der Waals surface area contributed by atoms with Gasteiger partial charge in [0.2, 0.25) is 5.91 Å². The Morgan fingerprint density at radius 3 is 2.64 bits per heavy atom. The van der Waals surface area contributed by atoms with Crippen LogP contribution in [0.1, 0.15) is 37.7 Å². The molecule has 0 saturated carbocycles. The molecular weight excluding hydrogens is 322 g/mol. The highest BCUT2D eigenvalue weighted by Crippen LogP contribution is 2.20. The predicted octanol–water partition coefficient (Wildman–Crippen LogP) is 1.63. The van der Waals surface area contributed by atoms with Crippen molar-refractivity contribution in [3.63, 3.8) is 0 Å². The second-order valence-electron chi connectivity index (χ2n) is 6.33. The largest absolute Gasteiger partial charge is 0.480 e. The van der Waals surface area contributed by atoms with Gasteiger partial charge in [-0.2, -0.15) is 5.10 Å². The molecule has 2 heterocycles. The average molecular weight is 343 g/mol. The lowest BCUT2D eigenvalue weighted by atomic mass is 10.0. The number of hydrazone groups is 1. The van der Waals surface area contributed by atoms with E-state index in [-0.39, 0.29) is 30.4 Å². The zero-order chi connectivity index (χ0) is 17.8. The van der Waals surface area contributed by atoms with E-state index in [1.807, 2.05) is 30.3 Å². The van der Waals surface area contributed by atoms with E-state index in [1.54, 1.807) is 0 Å². The third-order valence-corrected chi connectivity index (χ3v) is 4.58. The van der Waals surface area contributed by atoms with E-state index >= 15 is 0 Å². The Hall–Kier alpha value is -2.70. The molecule has 0 spiro atoms. The number of carboxylic acid groups (broad SMARTS) is 1. The number of amides is 2. The first-order chi connectivity index (χ1) is 12.1. The van der Waals surface area contributed by atoms with Crippen LogP contribution in [0.4, 0.5) is 0 Å². The minimum absolute atomic E-state index is 0.131. The van der Waals surface area contributed by atoms with Crippen molar-refractivity contribution in [1.29, 1.82) is 0 Å². The van der Waals surface area contributed by atoms with Crippen LogP contribution in [0.3, 0.4) is 0 Å². The van der Waals surface area contributed by atoms with Gasteiger partial charge in [0.1, 0.15) is 11.8 Å². The number of rotatable bonds is 4. The Morgan fingerprint density at radius 2 is 1.92 bits per heavy atom. The number of hydrogen-bond donors (Lipinski definition) is 1. The molecule has 1 N–H and O–H groups in total. The smallest absolute Gasteiger partial charge is 0.326 e. The van der Waals surface area contributed by atoms with Gasteiger partial charge >= 0.3 is 5.97 Å². The molecule has 132 valence electrons. The van der Waals surface area contributed by atoms with Crippen molar-refractivity contribution in [3.05, 3.63) is 35.9 Å². The number of carbonyl (C=O) groups excluding carboxylic acids is 2. The molecule has 2 amide bonds. The van der Waals surface area contributed by atoms with Crippen LogP contribution < -0.4 is 0 Å². The summed E-state index contributed by atoms with van der Waals surface area (Å²) in [5.74, 6) is -1.48. The van der Waals surface area contributed by atoms with E-state index in [0.717, 1.165) is 18.4 Å². The van der Waals surface area contributed by atoms with Crippen molar-refractivity contribution >= 4 is 23.5 Å². The molecule has 1 aromatic rings. The number of carboxylic acids is 1. The summed E-state index contributed by atoms with van der Waals surface area (Å²) in [7, 11) is 0. The Morgan fingerprint density at radius 1 is 1.16 bits per heavy atom. The average Bonchev–Trinajstić information content (AvgIpc) is 2.64. The Kier molecular flexibility index (Phi) is 5.11. The molecule has 1 saturated heterocycles. The van der Waals surface area contributed by atoms with Crippen molar-refractivity contribution in [2.24, 2.45) is 5.10 Å². The topological polar surface area (TPSA) is 90.3 Å². The van der Waals surface area contributed by atoms with Crippen LogP contribution in [-0.2, 0) is 20.9 Å². The van der Waals surface area contributed by atoms with Gasteiger partial charge in [-0.3, -0.25) is 9.59 Å². The van der Waals surface area contributed by atoms with E-state index in [0.29, 0.717) is 19.5 Å². The number of benzene rings is 1. The molecule has 1 fully saturated rings. The third-order valence-electron chi connectivity index (χ3n) is 4.58. The maximum Gasteiger partial charge on any atom is 0.326 e. The second kappa shape index (κ2) is 7.46. The van der Waals surface area contributed by atoms with Gasteiger partial charge < -0.3 is 10.0 Å². The van der Waals surface area contributed by atoms with Crippen LogP contribution in [0.5, 0.6) is 0 Å². The van der Waals surface area contributed by atoms with E-state index in [2.05, 4.69) is 5.10 Å². The Balaban J connectivity index is 1.78. The number of likely N-dealkylation sites (tertiary alicyclic amines) is 1. The fourth-order valence-electron chi connectivity index (χ4n) is 3.23. The lowest BCUT2D eigenvalue weighted by Crippen LogP contribution is -2.51. The van der Waals surface area contributed by atoms with Gasteiger partial charge in [0.25, 0.3) is 5.91 Å². The molecule has 0 aromatic heterocycles. The summed E-state index contributed by atoms with van der Waals surface area (Å²) in [6, 6.07) is 8.63. The Labute approximate surface area is 145 Å². The highest BCUT2D eigenvalue weighted by atomic mass is 16.4. The summed E-state index contributed by atoms with van der Waals surface area (Å²) in [4.78, 5) is 37.7. The van der Waals surface area contributed by atoms with Crippen LogP contribution in [0.25, 0.3) is 0 Å². The van der Waals surface area contributed by atoms with Gasteiger partial charge in [0, 0.05) is 19.4 Å². The summed E-state index contributed by atoms with van der Waals surface area (Å²) in [5, 5.41) is 14.9. The van der Waals surface area contributed by atoms with Crippen molar-refractivity contribution in [1.82, 2.24) is 9.91 Å².